The second kappa shape index (κ2) is 6.21. The van der Waals surface area contributed by atoms with Crippen molar-refractivity contribution in [3.8, 4) is 12.1 Å². The van der Waals surface area contributed by atoms with E-state index in [1.54, 1.807) is 24.3 Å². The Hall–Kier alpha value is -3.06. The highest BCUT2D eigenvalue weighted by molar-refractivity contribution is 6.10. The molecule has 100 valence electrons. The fourth-order valence-electron chi connectivity index (χ4n) is 1.80. The van der Waals surface area contributed by atoms with Gasteiger partial charge in [0, 0.05) is 18.8 Å². The van der Waals surface area contributed by atoms with Crippen molar-refractivity contribution in [1.82, 2.24) is 5.32 Å². The summed E-state index contributed by atoms with van der Waals surface area (Å²) in [5, 5.41) is 23.5. The fourth-order valence-corrected chi connectivity index (χ4v) is 1.80. The molecular weight excluding hydrogens is 256 g/mol. The summed E-state index contributed by atoms with van der Waals surface area (Å²) in [7, 11) is 0. The number of carbonyl (C=O) groups is 1. The number of nitrogens with one attached hydrogen (secondary N) is 2. The lowest BCUT2D eigenvalue weighted by Gasteiger charge is -2.28. The highest BCUT2D eigenvalue weighted by atomic mass is 16.2. The van der Waals surface area contributed by atoms with E-state index in [-0.39, 0.29) is 11.6 Å². The number of nitriles is 2. The van der Waals surface area contributed by atoms with Crippen molar-refractivity contribution in [3.63, 3.8) is 0 Å². The van der Waals surface area contributed by atoms with Crippen molar-refractivity contribution >= 4 is 23.0 Å². The summed E-state index contributed by atoms with van der Waals surface area (Å²) in [5.74, 6) is 0.00994. The Balaban J connectivity index is 2.03. The molecule has 2 N–H and O–H groups in total. The van der Waals surface area contributed by atoms with Crippen LogP contribution >= 0.6 is 0 Å². The number of amides is 1. The average molecular weight is 268 g/mol. The summed E-state index contributed by atoms with van der Waals surface area (Å²) in [6, 6.07) is 10.6. The molecule has 0 radical (unpaired) electrons. The molecule has 7 nitrogen and oxygen atoms in total. The normalized spacial score (nSPS) is 13.7. The number of benzene rings is 1. The predicted molar refractivity (Wildman–Crippen MR) is 73.9 cm³/mol. The van der Waals surface area contributed by atoms with Crippen LogP contribution in [0.2, 0.25) is 0 Å². The maximum Gasteiger partial charge on any atom is 0.239 e. The average Bonchev–Trinajstić information content (AvgIpc) is 2.49. The van der Waals surface area contributed by atoms with Gasteiger partial charge in [-0.05, 0) is 24.3 Å². The van der Waals surface area contributed by atoms with Crippen LogP contribution in [0, 0.1) is 22.7 Å². The van der Waals surface area contributed by atoms with E-state index in [1.807, 2.05) is 17.0 Å². The molecule has 1 saturated heterocycles. The van der Waals surface area contributed by atoms with E-state index < -0.39 is 0 Å². The fraction of sp³-hybridized carbons (Fsp3) is 0.231. The zero-order valence-corrected chi connectivity index (χ0v) is 10.6. The number of hydrogen-bond acceptors (Lipinski definition) is 6. The van der Waals surface area contributed by atoms with Crippen LogP contribution in [0.15, 0.2) is 29.4 Å². The summed E-state index contributed by atoms with van der Waals surface area (Å²) >= 11 is 0. The van der Waals surface area contributed by atoms with Crippen molar-refractivity contribution in [2.45, 2.75) is 0 Å². The molecule has 0 unspecified atom stereocenters. The molecule has 0 atom stereocenters. The molecule has 0 saturated carbocycles. The molecule has 7 heteroatoms. The first-order chi connectivity index (χ1) is 9.72. The smallest absolute Gasteiger partial charge is 0.239 e. The first-order valence-corrected chi connectivity index (χ1v) is 5.98. The molecule has 0 aromatic heterocycles. The van der Waals surface area contributed by atoms with Crippen molar-refractivity contribution in [3.05, 3.63) is 24.3 Å². The van der Waals surface area contributed by atoms with Crippen molar-refractivity contribution in [1.29, 1.82) is 10.5 Å². The number of carbonyl (C=O) groups excluding carboxylic acids is 1. The number of hydrogen-bond donors (Lipinski definition) is 2. The Morgan fingerprint density at radius 2 is 2.00 bits per heavy atom. The van der Waals surface area contributed by atoms with Gasteiger partial charge in [0.25, 0.3) is 0 Å². The van der Waals surface area contributed by atoms with Crippen LogP contribution in [0.25, 0.3) is 0 Å². The van der Waals surface area contributed by atoms with Crippen molar-refractivity contribution < 1.29 is 4.79 Å². The molecule has 0 spiro atoms. The quantitative estimate of drug-likeness (QED) is 0.611. The molecule has 20 heavy (non-hydrogen) atoms. The molecule has 1 aliphatic rings. The van der Waals surface area contributed by atoms with E-state index in [1.165, 1.54) is 0 Å². The van der Waals surface area contributed by atoms with Gasteiger partial charge in [-0.3, -0.25) is 10.2 Å². The first-order valence-electron chi connectivity index (χ1n) is 5.98. The lowest BCUT2D eigenvalue weighted by Crippen LogP contribution is -2.47. The maximum absolute atomic E-state index is 11.3. The van der Waals surface area contributed by atoms with Gasteiger partial charge in [0.1, 0.15) is 12.1 Å². The molecule has 1 heterocycles. The lowest BCUT2D eigenvalue weighted by molar-refractivity contribution is -0.120. The van der Waals surface area contributed by atoms with Crippen LogP contribution in [0.3, 0.4) is 0 Å². The summed E-state index contributed by atoms with van der Waals surface area (Å²) in [6.45, 7) is 1.75. The van der Waals surface area contributed by atoms with E-state index in [9.17, 15) is 4.79 Å². The molecule has 2 rings (SSSR count). The Labute approximate surface area is 116 Å². The summed E-state index contributed by atoms with van der Waals surface area (Å²) < 4.78 is 0. The molecule has 1 aromatic carbocycles. The van der Waals surface area contributed by atoms with Crippen LogP contribution < -0.4 is 15.6 Å². The third kappa shape index (κ3) is 3.24. The SMILES string of the molecule is N#CC(C#N)=NNc1ccc(N2CCNC(=O)C2)cc1. The standard InChI is InChI=1S/C13H12N6O/c14-7-11(8-15)18-17-10-1-3-12(4-2-10)19-6-5-16-13(20)9-19/h1-4,17H,5-6,9H2,(H,16,20). The minimum atomic E-state index is -0.234. The van der Waals surface area contributed by atoms with Gasteiger partial charge in [-0.1, -0.05) is 0 Å². The highest BCUT2D eigenvalue weighted by Crippen LogP contribution is 2.18. The third-order valence-electron chi connectivity index (χ3n) is 2.78. The number of anilines is 2. The molecule has 0 bridgehead atoms. The van der Waals surface area contributed by atoms with Gasteiger partial charge in [0.15, 0.2) is 0 Å². The van der Waals surface area contributed by atoms with Crippen molar-refractivity contribution in [2.75, 3.05) is 30.0 Å². The van der Waals surface area contributed by atoms with Gasteiger partial charge < -0.3 is 10.2 Å². The minimum absolute atomic E-state index is 0.00994. The Morgan fingerprint density at radius 1 is 1.30 bits per heavy atom. The molecule has 1 aliphatic heterocycles. The summed E-state index contributed by atoms with van der Waals surface area (Å²) in [6.07, 6.45) is 0. The molecular formula is C13H12N6O. The molecule has 1 amide bonds. The number of piperazine rings is 1. The molecule has 1 aromatic rings. The Kier molecular flexibility index (Phi) is 4.15. The van der Waals surface area contributed by atoms with Crippen LogP contribution in [-0.2, 0) is 4.79 Å². The second-order valence-electron chi connectivity index (χ2n) is 4.11. The monoisotopic (exact) mass is 268 g/mol. The van der Waals surface area contributed by atoms with Crippen LogP contribution in [0.4, 0.5) is 11.4 Å². The third-order valence-corrected chi connectivity index (χ3v) is 2.78. The second-order valence-corrected chi connectivity index (χ2v) is 4.11. The van der Waals surface area contributed by atoms with E-state index in [4.69, 9.17) is 10.5 Å². The largest absolute Gasteiger partial charge is 0.360 e. The van der Waals surface area contributed by atoms with Gasteiger partial charge in [-0.25, -0.2) is 0 Å². The topological polar surface area (TPSA) is 104 Å². The Bertz CT molecular complexity index is 591. The van der Waals surface area contributed by atoms with Gasteiger partial charge in [-0.15, -0.1) is 0 Å². The number of nitrogens with zero attached hydrogens (tertiary/aromatic N) is 4. The van der Waals surface area contributed by atoms with Crippen LogP contribution in [0.5, 0.6) is 0 Å². The van der Waals surface area contributed by atoms with Crippen molar-refractivity contribution in [2.24, 2.45) is 5.10 Å². The first kappa shape index (κ1) is 13.4. The van der Waals surface area contributed by atoms with E-state index in [2.05, 4.69) is 15.8 Å². The summed E-state index contributed by atoms with van der Waals surface area (Å²) in [4.78, 5) is 13.3. The minimum Gasteiger partial charge on any atom is -0.360 e. The predicted octanol–water partition coefficient (Wildman–Crippen LogP) is 0.438. The van der Waals surface area contributed by atoms with E-state index >= 15 is 0 Å². The Morgan fingerprint density at radius 3 is 2.60 bits per heavy atom. The number of hydrazone groups is 1. The maximum atomic E-state index is 11.3. The summed E-state index contributed by atoms with van der Waals surface area (Å²) in [5.41, 5.74) is 4.00. The zero-order chi connectivity index (χ0) is 14.4. The van der Waals surface area contributed by atoms with Crippen LogP contribution in [0.1, 0.15) is 0 Å². The number of rotatable bonds is 3. The van der Waals surface area contributed by atoms with E-state index in [0.29, 0.717) is 18.8 Å². The van der Waals surface area contributed by atoms with Crippen LogP contribution in [-0.4, -0.2) is 31.3 Å². The van der Waals surface area contributed by atoms with Gasteiger partial charge in [-0.2, -0.15) is 15.6 Å². The zero-order valence-electron chi connectivity index (χ0n) is 10.6. The van der Waals surface area contributed by atoms with E-state index in [0.717, 1.165) is 12.2 Å². The van der Waals surface area contributed by atoms with Gasteiger partial charge in [0.2, 0.25) is 11.6 Å². The van der Waals surface area contributed by atoms with Gasteiger partial charge in [0.05, 0.1) is 12.2 Å². The lowest BCUT2D eigenvalue weighted by atomic mass is 10.2. The molecule has 0 aliphatic carbocycles. The molecule has 1 fully saturated rings. The highest BCUT2D eigenvalue weighted by Gasteiger charge is 2.15. The van der Waals surface area contributed by atoms with Gasteiger partial charge >= 0.3 is 0 Å².